The lowest BCUT2D eigenvalue weighted by Crippen LogP contribution is -2.04. The maximum absolute atomic E-state index is 5.28. The zero-order chi connectivity index (χ0) is 33.0. The van der Waals surface area contributed by atoms with Gasteiger partial charge in [0.05, 0.1) is 22.4 Å². The second-order valence-electron chi connectivity index (χ2n) is 13.0. The lowest BCUT2D eigenvalue weighted by molar-refractivity contribution is 1.01. The highest BCUT2D eigenvalue weighted by molar-refractivity contribution is 6.09. The fourth-order valence-electron chi connectivity index (χ4n) is 7.86. The molecular formula is C47H31N3. The van der Waals surface area contributed by atoms with E-state index in [9.17, 15) is 0 Å². The summed E-state index contributed by atoms with van der Waals surface area (Å²) in [4.78, 5) is 10.4. The molecule has 1 aliphatic rings. The van der Waals surface area contributed by atoms with Gasteiger partial charge in [0.2, 0.25) is 0 Å². The van der Waals surface area contributed by atoms with Crippen molar-refractivity contribution < 1.29 is 0 Å². The minimum Gasteiger partial charge on any atom is -0.309 e. The molecule has 7 aromatic carbocycles. The average Bonchev–Trinajstić information content (AvgIpc) is 3.71. The molecule has 0 N–H and O–H groups in total. The molecule has 50 heavy (non-hydrogen) atoms. The van der Waals surface area contributed by atoms with Gasteiger partial charge in [0, 0.05) is 39.1 Å². The number of fused-ring (bicyclic) bond motifs is 6. The minimum atomic E-state index is 0.0817. The van der Waals surface area contributed by atoms with Gasteiger partial charge in [0.15, 0.2) is 5.82 Å². The summed E-state index contributed by atoms with van der Waals surface area (Å²) in [6.45, 7) is 0. The maximum atomic E-state index is 5.28. The van der Waals surface area contributed by atoms with Crippen LogP contribution >= 0.6 is 0 Å². The number of benzene rings is 7. The number of aromatic nitrogens is 3. The first-order chi connectivity index (χ1) is 24.8. The molecule has 2 aromatic heterocycles. The van der Waals surface area contributed by atoms with Gasteiger partial charge in [-0.15, -0.1) is 0 Å². The molecule has 0 aliphatic heterocycles. The SMILES string of the molecule is c1ccc(-c2cc(-c3cc(C4c5ccccc5-c5ccccc54)cc(-n4c5ccccc5c5ccccc54)c3)nc(-c3ccccc3)n2)cc1. The summed E-state index contributed by atoms with van der Waals surface area (Å²) in [6.07, 6.45) is 0. The van der Waals surface area contributed by atoms with E-state index in [0.29, 0.717) is 5.82 Å². The molecule has 0 amide bonds. The number of nitrogens with zero attached hydrogens (tertiary/aromatic N) is 3. The number of rotatable bonds is 5. The van der Waals surface area contributed by atoms with Gasteiger partial charge in [-0.05, 0) is 64.2 Å². The molecule has 0 unspecified atom stereocenters. The molecule has 0 saturated carbocycles. The Kier molecular flexibility index (Phi) is 6.56. The molecule has 1 aliphatic carbocycles. The first kappa shape index (κ1) is 28.4. The topological polar surface area (TPSA) is 30.7 Å². The lowest BCUT2D eigenvalue weighted by atomic mass is 9.87. The molecule has 10 rings (SSSR count). The van der Waals surface area contributed by atoms with Crippen LogP contribution in [0.3, 0.4) is 0 Å². The molecule has 0 bridgehead atoms. The average molecular weight is 638 g/mol. The fraction of sp³-hybridized carbons (Fsp3) is 0.0213. The normalized spacial score (nSPS) is 12.3. The Morgan fingerprint density at radius 2 is 0.900 bits per heavy atom. The van der Waals surface area contributed by atoms with Crippen molar-refractivity contribution in [2.45, 2.75) is 5.92 Å². The van der Waals surface area contributed by atoms with Crippen molar-refractivity contribution in [2.75, 3.05) is 0 Å². The van der Waals surface area contributed by atoms with Crippen LogP contribution in [0.5, 0.6) is 0 Å². The second kappa shape index (κ2) is 11.5. The summed E-state index contributed by atoms with van der Waals surface area (Å²) in [5.41, 5.74) is 14.9. The van der Waals surface area contributed by atoms with Crippen molar-refractivity contribution in [3.05, 3.63) is 199 Å². The van der Waals surface area contributed by atoms with Gasteiger partial charge in [-0.2, -0.15) is 0 Å². The highest BCUT2D eigenvalue weighted by Gasteiger charge is 2.30. The summed E-state index contributed by atoms with van der Waals surface area (Å²) in [5.74, 6) is 0.792. The highest BCUT2D eigenvalue weighted by Crippen LogP contribution is 2.49. The predicted molar refractivity (Wildman–Crippen MR) is 206 cm³/mol. The van der Waals surface area contributed by atoms with Crippen molar-refractivity contribution in [1.29, 1.82) is 0 Å². The van der Waals surface area contributed by atoms with E-state index in [1.54, 1.807) is 0 Å². The van der Waals surface area contributed by atoms with E-state index in [0.717, 1.165) is 33.8 Å². The zero-order valence-corrected chi connectivity index (χ0v) is 27.2. The molecule has 0 atom stereocenters. The van der Waals surface area contributed by atoms with E-state index in [4.69, 9.17) is 9.97 Å². The van der Waals surface area contributed by atoms with Crippen LogP contribution in [0.15, 0.2) is 182 Å². The third kappa shape index (κ3) is 4.59. The first-order valence-corrected chi connectivity index (χ1v) is 17.1. The zero-order valence-electron chi connectivity index (χ0n) is 27.2. The van der Waals surface area contributed by atoms with Crippen LogP contribution in [0.4, 0.5) is 0 Å². The maximum Gasteiger partial charge on any atom is 0.160 e. The molecule has 2 heterocycles. The van der Waals surface area contributed by atoms with Gasteiger partial charge < -0.3 is 4.57 Å². The van der Waals surface area contributed by atoms with Gasteiger partial charge in [-0.1, -0.05) is 146 Å². The summed E-state index contributed by atoms with van der Waals surface area (Å²) >= 11 is 0. The summed E-state index contributed by atoms with van der Waals surface area (Å²) < 4.78 is 2.42. The Morgan fingerprint density at radius 3 is 1.52 bits per heavy atom. The van der Waals surface area contributed by atoms with Crippen LogP contribution in [-0.4, -0.2) is 14.5 Å². The van der Waals surface area contributed by atoms with Gasteiger partial charge in [0.1, 0.15) is 0 Å². The van der Waals surface area contributed by atoms with E-state index in [-0.39, 0.29) is 5.92 Å². The van der Waals surface area contributed by atoms with Crippen molar-refractivity contribution in [3.63, 3.8) is 0 Å². The monoisotopic (exact) mass is 637 g/mol. The summed E-state index contributed by atoms with van der Waals surface area (Å²) in [5, 5.41) is 2.48. The number of hydrogen-bond acceptors (Lipinski definition) is 2. The lowest BCUT2D eigenvalue weighted by Gasteiger charge is -2.19. The molecule has 0 spiro atoms. The molecule has 9 aromatic rings. The summed E-state index contributed by atoms with van der Waals surface area (Å²) in [7, 11) is 0. The van der Waals surface area contributed by atoms with Crippen LogP contribution < -0.4 is 0 Å². The van der Waals surface area contributed by atoms with E-state index in [1.165, 1.54) is 49.6 Å². The van der Waals surface area contributed by atoms with Crippen molar-refractivity contribution >= 4 is 21.8 Å². The molecule has 0 fully saturated rings. The predicted octanol–water partition coefficient (Wildman–Crippen LogP) is 11.7. The van der Waals surface area contributed by atoms with Crippen LogP contribution in [0, 0.1) is 0 Å². The second-order valence-corrected chi connectivity index (χ2v) is 13.0. The van der Waals surface area contributed by atoms with E-state index in [1.807, 2.05) is 24.3 Å². The first-order valence-electron chi connectivity index (χ1n) is 17.1. The van der Waals surface area contributed by atoms with E-state index in [2.05, 4.69) is 162 Å². The number of para-hydroxylation sites is 2. The Labute approximate surface area is 290 Å². The minimum absolute atomic E-state index is 0.0817. The van der Waals surface area contributed by atoms with Crippen LogP contribution in [0.2, 0.25) is 0 Å². The Hall–Kier alpha value is -6.58. The standard InChI is InChI=1S/C47H31N3/c1-3-15-31(16-4-1)42-30-43(49-47(48-42)32-17-5-2-6-18-32)33-27-34(46-40-23-9-7-19-36(40)37-20-8-10-24-41(37)46)29-35(28-33)50-44-25-13-11-21-38(44)39-22-12-14-26-45(39)50/h1-30,46H. The van der Waals surface area contributed by atoms with Gasteiger partial charge in [-0.3, -0.25) is 0 Å². The highest BCUT2D eigenvalue weighted by atomic mass is 15.0. The Morgan fingerprint density at radius 1 is 0.400 bits per heavy atom. The van der Waals surface area contributed by atoms with Crippen molar-refractivity contribution in [1.82, 2.24) is 14.5 Å². The van der Waals surface area contributed by atoms with Gasteiger partial charge in [0.25, 0.3) is 0 Å². The smallest absolute Gasteiger partial charge is 0.160 e. The molecular weight excluding hydrogens is 607 g/mol. The molecule has 3 heteroatoms. The Bertz CT molecular complexity index is 2550. The molecule has 0 saturated heterocycles. The van der Waals surface area contributed by atoms with Crippen LogP contribution in [0.25, 0.3) is 72.5 Å². The van der Waals surface area contributed by atoms with Crippen molar-refractivity contribution in [3.8, 4) is 50.7 Å². The van der Waals surface area contributed by atoms with Crippen LogP contribution in [0.1, 0.15) is 22.6 Å². The van der Waals surface area contributed by atoms with E-state index < -0.39 is 0 Å². The Balaban J connectivity index is 1.28. The van der Waals surface area contributed by atoms with Crippen LogP contribution in [-0.2, 0) is 0 Å². The third-order valence-corrected chi connectivity index (χ3v) is 10.1. The molecule has 0 radical (unpaired) electrons. The van der Waals surface area contributed by atoms with Gasteiger partial charge >= 0.3 is 0 Å². The number of hydrogen-bond donors (Lipinski definition) is 0. The van der Waals surface area contributed by atoms with Crippen molar-refractivity contribution in [2.24, 2.45) is 0 Å². The largest absolute Gasteiger partial charge is 0.309 e. The van der Waals surface area contributed by atoms with E-state index >= 15 is 0 Å². The van der Waals surface area contributed by atoms with Gasteiger partial charge in [-0.25, -0.2) is 9.97 Å². The molecule has 234 valence electrons. The molecule has 3 nitrogen and oxygen atoms in total. The fourth-order valence-corrected chi connectivity index (χ4v) is 7.86. The quantitative estimate of drug-likeness (QED) is 0.188. The summed E-state index contributed by atoms with van der Waals surface area (Å²) in [6, 6.07) is 65.1. The third-order valence-electron chi connectivity index (χ3n) is 10.1.